The number of halogens is 2. The molecule has 21 heavy (non-hydrogen) atoms. The maximum absolute atomic E-state index is 5.98. The highest BCUT2D eigenvalue weighted by atomic mass is 79.9. The summed E-state index contributed by atoms with van der Waals surface area (Å²) in [6, 6.07) is 3.01. The molecule has 1 saturated heterocycles. The number of hydrogen-bond donors (Lipinski definition) is 0. The SMILES string of the molecule is CC1CCCC(C)N1n1c(CCCl)nc2cc(Br)cnc21. The Morgan fingerprint density at radius 1 is 1.33 bits per heavy atom. The van der Waals surface area contributed by atoms with Crippen molar-refractivity contribution in [1.82, 2.24) is 14.6 Å². The molecule has 1 fully saturated rings. The minimum atomic E-state index is 0.491. The molecule has 3 heterocycles. The van der Waals surface area contributed by atoms with Crippen molar-refractivity contribution in [3.05, 3.63) is 22.6 Å². The summed E-state index contributed by atoms with van der Waals surface area (Å²) in [5.41, 5.74) is 1.85. The number of imidazole rings is 1. The van der Waals surface area contributed by atoms with Crippen LogP contribution in [0.4, 0.5) is 0 Å². The summed E-state index contributed by atoms with van der Waals surface area (Å²) in [6.07, 6.45) is 6.30. The Morgan fingerprint density at radius 2 is 2.05 bits per heavy atom. The van der Waals surface area contributed by atoms with Gasteiger partial charge in [-0.1, -0.05) is 0 Å². The Hall–Kier alpha value is -0.810. The first-order chi connectivity index (χ1) is 10.1. The molecular formula is C15H20BrClN4. The summed E-state index contributed by atoms with van der Waals surface area (Å²) in [7, 11) is 0. The number of piperidine rings is 1. The Morgan fingerprint density at radius 3 is 2.71 bits per heavy atom. The van der Waals surface area contributed by atoms with E-state index in [1.807, 2.05) is 12.3 Å². The Labute approximate surface area is 138 Å². The number of alkyl halides is 1. The van der Waals surface area contributed by atoms with Gasteiger partial charge in [-0.3, -0.25) is 0 Å². The van der Waals surface area contributed by atoms with Gasteiger partial charge in [0.05, 0.1) is 0 Å². The van der Waals surface area contributed by atoms with E-state index in [9.17, 15) is 0 Å². The van der Waals surface area contributed by atoms with E-state index in [2.05, 4.69) is 44.4 Å². The van der Waals surface area contributed by atoms with Crippen LogP contribution in [0.2, 0.25) is 0 Å². The Bertz CT molecular complexity index is 632. The zero-order valence-corrected chi connectivity index (χ0v) is 14.7. The molecule has 0 aromatic carbocycles. The second kappa shape index (κ2) is 6.13. The lowest BCUT2D eigenvalue weighted by molar-refractivity contribution is 0.335. The minimum Gasteiger partial charge on any atom is -0.304 e. The highest BCUT2D eigenvalue weighted by Gasteiger charge is 2.28. The van der Waals surface area contributed by atoms with Gasteiger partial charge in [-0.05, 0) is 55.1 Å². The maximum atomic E-state index is 5.98. The largest absolute Gasteiger partial charge is 0.304 e. The van der Waals surface area contributed by atoms with Gasteiger partial charge in [0.25, 0.3) is 0 Å². The molecule has 0 bridgehead atoms. The van der Waals surface area contributed by atoms with Crippen molar-refractivity contribution in [3.8, 4) is 0 Å². The summed E-state index contributed by atoms with van der Waals surface area (Å²) in [6.45, 7) is 4.57. The fraction of sp³-hybridized carbons (Fsp3) is 0.600. The second-order valence-corrected chi connectivity index (χ2v) is 7.08. The first kappa shape index (κ1) is 15.1. The molecule has 0 aliphatic carbocycles. The van der Waals surface area contributed by atoms with Gasteiger partial charge in [-0.25, -0.2) is 14.6 Å². The molecule has 0 N–H and O–H groups in total. The van der Waals surface area contributed by atoms with E-state index in [-0.39, 0.29) is 0 Å². The quantitative estimate of drug-likeness (QED) is 0.768. The van der Waals surface area contributed by atoms with E-state index in [0.29, 0.717) is 18.0 Å². The summed E-state index contributed by atoms with van der Waals surface area (Å²) >= 11 is 9.45. The number of aromatic nitrogens is 3. The fourth-order valence-corrected chi connectivity index (χ4v) is 3.75. The molecule has 1 aliphatic heterocycles. The molecular weight excluding hydrogens is 352 g/mol. The normalized spacial score (nSPS) is 23.0. The third-order valence-electron chi connectivity index (χ3n) is 4.20. The lowest BCUT2D eigenvalue weighted by atomic mass is 10.00. The van der Waals surface area contributed by atoms with Crippen molar-refractivity contribution in [2.24, 2.45) is 0 Å². The van der Waals surface area contributed by atoms with Gasteiger partial charge in [-0.15, -0.1) is 11.6 Å². The second-order valence-electron chi connectivity index (χ2n) is 5.78. The van der Waals surface area contributed by atoms with Gasteiger partial charge in [0, 0.05) is 35.1 Å². The van der Waals surface area contributed by atoms with Crippen LogP contribution in [0, 0.1) is 0 Å². The van der Waals surface area contributed by atoms with Crippen LogP contribution in [0.5, 0.6) is 0 Å². The van der Waals surface area contributed by atoms with E-state index in [4.69, 9.17) is 16.6 Å². The molecule has 2 atom stereocenters. The van der Waals surface area contributed by atoms with Crippen molar-refractivity contribution < 1.29 is 0 Å². The van der Waals surface area contributed by atoms with Crippen molar-refractivity contribution in [2.75, 3.05) is 10.9 Å². The molecule has 2 aromatic rings. The van der Waals surface area contributed by atoms with Crippen LogP contribution in [-0.4, -0.2) is 32.6 Å². The topological polar surface area (TPSA) is 34.0 Å². The first-order valence-electron chi connectivity index (χ1n) is 7.49. The van der Waals surface area contributed by atoms with Crippen LogP contribution in [0.25, 0.3) is 11.2 Å². The third-order valence-corrected chi connectivity index (χ3v) is 4.83. The molecule has 0 saturated carbocycles. The molecule has 0 radical (unpaired) electrons. The predicted molar refractivity (Wildman–Crippen MR) is 90.6 cm³/mol. The van der Waals surface area contributed by atoms with Gasteiger partial charge < -0.3 is 5.01 Å². The summed E-state index contributed by atoms with van der Waals surface area (Å²) < 4.78 is 3.16. The lowest BCUT2D eigenvalue weighted by Gasteiger charge is -2.41. The summed E-state index contributed by atoms with van der Waals surface area (Å²) in [5.74, 6) is 1.58. The number of aryl methyl sites for hydroxylation is 1. The molecule has 0 amide bonds. The number of nitrogens with zero attached hydrogens (tertiary/aromatic N) is 4. The Kier molecular flexibility index (Phi) is 4.41. The molecule has 6 heteroatoms. The molecule has 4 nitrogen and oxygen atoms in total. The van der Waals surface area contributed by atoms with E-state index < -0.39 is 0 Å². The average molecular weight is 372 g/mol. The molecule has 2 aromatic heterocycles. The number of pyridine rings is 1. The van der Waals surface area contributed by atoms with E-state index in [1.54, 1.807) is 0 Å². The van der Waals surface area contributed by atoms with Gasteiger partial charge in [-0.2, -0.15) is 0 Å². The fourth-order valence-electron chi connectivity index (χ4n) is 3.27. The van der Waals surface area contributed by atoms with Crippen molar-refractivity contribution in [1.29, 1.82) is 0 Å². The number of hydrogen-bond acceptors (Lipinski definition) is 3. The first-order valence-corrected chi connectivity index (χ1v) is 8.82. The average Bonchev–Trinajstić information content (AvgIpc) is 2.77. The monoisotopic (exact) mass is 370 g/mol. The van der Waals surface area contributed by atoms with E-state index >= 15 is 0 Å². The zero-order valence-electron chi connectivity index (χ0n) is 12.4. The van der Waals surface area contributed by atoms with Crippen LogP contribution in [0.3, 0.4) is 0 Å². The smallest absolute Gasteiger partial charge is 0.179 e. The van der Waals surface area contributed by atoms with E-state index in [1.165, 1.54) is 19.3 Å². The molecule has 2 unspecified atom stereocenters. The zero-order chi connectivity index (χ0) is 15.0. The number of fused-ring (bicyclic) bond motifs is 1. The van der Waals surface area contributed by atoms with Crippen LogP contribution >= 0.6 is 27.5 Å². The molecule has 3 rings (SSSR count). The highest BCUT2D eigenvalue weighted by Crippen LogP contribution is 2.26. The third kappa shape index (κ3) is 2.78. The minimum absolute atomic E-state index is 0.491. The van der Waals surface area contributed by atoms with Crippen molar-refractivity contribution >= 4 is 38.7 Å². The van der Waals surface area contributed by atoms with Crippen LogP contribution in [0.15, 0.2) is 16.7 Å². The Balaban J connectivity index is 2.16. The maximum Gasteiger partial charge on any atom is 0.179 e. The predicted octanol–water partition coefficient (Wildman–Crippen LogP) is 3.87. The standard InChI is InChI=1S/C15H20BrClN4/c1-10-4-3-5-11(2)20(10)21-14(6-7-17)19-13-8-12(16)9-18-15(13)21/h8-11H,3-7H2,1-2H3. The lowest BCUT2D eigenvalue weighted by Crippen LogP contribution is -2.51. The summed E-state index contributed by atoms with van der Waals surface area (Å²) in [5, 5.41) is 2.43. The number of rotatable bonds is 3. The van der Waals surface area contributed by atoms with E-state index in [0.717, 1.165) is 27.9 Å². The highest BCUT2D eigenvalue weighted by molar-refractivity contribution is 9.10. The van der Waals surface area contributed by atoms with Crippen molar-refractivity contribution in [3.63, 3.8) is 0 Å². The van der Waals surface area contributed by atoms with Gasteiger partial charge in [0.15, 0.2) is 5.65 Å². The van der Waals surface area contributed by atoms with Crippen LogP contribution < -0.4 is 5.01 Å². The summed E-state index contributed by atoms with van der Waals surface area (Å²) in [4.78, 5) is 9.35. The van der Waals surface area contributed by atoms with Crippen LogP contribution in [0.1, 0.15) is 38.9 Å². The van der Waals surface area contributed by atoms with Gasteiger partial charge >= 0.3 is 0 Å². The molecule has 114 valence electrons. The van der Waals surface area contributed by atoms with Gasteiger partial charge in [0.2, 0.25) is 0 Å². The molecule has 1 aliphatic rings. The molecule has 0 spiro atoms. The van der Waals surface area contributed by atoms with Gasteiger partial charge in [0.1, 0.15) is 11.3 Å². The van der Waals surface area contributed by atoms with Crippen LogP contribution in [-0.2, 0) is 6.42 Å². The van der Waals surface area contributed by atoms with Crippen molar-refractivity contribution in [2.45, 2.75) is 51.6 Å².